The molecule has 0 saturated heterocycles. The van der Waals surface area contributed by atoms with Crippen LogP contribution in [0.15, 0.2) is 24.3 Å². The van der Waals surface area contributed by atoms with Crippen LogP contribution in [-0.2, 0) is 0 Å². The molecule has 2 amide bonds. The molecule has 1 aromatic rings. The molecule has 0 radical (unpaired) electrons. The van der Waals surface area contributed by atoms with Crippen molar-refractivity contribution in [2.75, 3.05) is 0 Å². The summed E-state index contributed by atoms with van der Waals surface area (Å²) in [6.07, 6.45) is 0. The van der Waals surface area contributed by atoms with Crippen LogP contribution in [-0.4, -0.2) is 24.6 Å². The predicted octanol–water partition coefficient (Wildman–Crippen LogP) is 3.87. The molecule has 0 spiro atoms. The predicted molar refractivity (Wildman–Crippen MR) is 74.5 cm³/mol. The highest BCUT2D eigenvalue weighted by Gasteiger charge is 2.44. The van der Waals surface area contributed by atoms with Gasteiger partial charge in [-0.1, -0.05) is 35.3 Å². The minimum absolute atomic E-state index is 0.305. The Morgan fingerprint density at radius 2 is 1.50 bits per heavy atom. The Kier molecular flexibility index (Phi) is 4.04. The Morgan fingerprint density at radius 1 is 1.06 bits per heavy atom. The average Bonchev–Trinajstić information content (AvgIpc) is 2.55. The molecule has 1 aliphatic rings. The maximum Gasteiger partial charge on any atom is 0.271 e. The lowest BCUT2D eigenvalue weighted by atomic mass is 10.1. The van der Waals surface area contributed by atoms with E-state index >= 15 is 0 Å². The van der Waals surface area contributed by atoms with Gasteiger partial charge in [-0.25, -0.2) is 4.31 Å². The van der Waals surface area contributed by atoms with Crippen LogP contribution in [0.2, 0.25) is 0 Å². The largest absolute Gasteiger partial charge is 0.271 e. The van der Waals surface area contributed by atoms with Gasteiger partial charge in [0.2, 0.25) is 3.67 Å². The molecular weight excluding hydrogens is 340 g/mol. The summed E-state index contributed by atoms with van der Waals surface area (Å²) in [5.41, 5.74) is 0.611. The van der Waals surface area contributed by atoms with E-state index in [0.717, 1.165) is 4.31 Å². The molecule has 0 aromatic heterocycles. The highest BCUT2D eigenvalue weighted by molar-refractivity contribution is 8.02. The van der Waals surface area contributed by atoms with Crippen LogP contribution in [0.4, 0.5) is 0 Å². The number of imide groups is 1. The van der Waals surface area contributed by atoms with E-state index in [4.69, 9.17) is 46.4 Å². The lowest BCUT2D eigenvalue weighted by Gasteiger charge is -2.23. The van der Waals surface area contributed by atoms with Gasteiger partial charge in [0, 0.05) is 11.9 Å². The number of halogens is 4. The monoisotopic (exact) mass is 343 g/mol. The fraction of sp³-hybridized carbons (Fsp3) is 0.200. The maximum atomic E-state index is 12.0. The van der Waals surface area contributed by atoms with Crippen LogP contribution in [0.5, 0.6) is 0 Å². The second-order valence-electron chi connectivity index (χ2n) is 3.40. The van der Waals surface area contributed by atoms with Crippen LogP contribution >= 0.6 is 58.4 Å². The van der Waals surface area contributed by atoms with Gasteiger partial charge in [-0.15, -0.1) is 23.2 Å². The zero-order valence-corrected chi connectivity index (χ0v) is 12.4. The summed E-state index contributed by atoms with van der Waals surface area (Å²) in [5.74, 6) is -0.972. The van der Waals surface area contributed by atoms with Gasteiger partial charge in [-0.2, -0.15) is 0 Å². The number of carbonyl (C=O) groups is 2. The van der Waals surface area contributed by atoms with Crippen molar-refractivity contribution in [2.24, 2.45) is 0 Å². The third-order valence-electron chi connectivity index (χ3n) is 2.22. The van der Waals surface area contributed by atoms with E-state index in [0.29, 0.717) is 23.1 Å². The molecule has 0 atom stereocenters. The molecule has 3 nitrogen and oxygen atoms in total. The van der Waals surface area contributed by atoms with Gasteiger partial charge in [0.1, 0.15) is 0 Å². The number of alkyl halides is 4. The van der Waals surface area contributed by atoms with Gasteiger partial charge in [-0.3, -0.25) is 9.59 Å². The number of amides is 2. The normalized spacial score (nSPS) is 15.5. The lowest BCUT2D eigenvalue weighted by molar-refractivity contribution is 0.0776. The summed E-state index contributed by atoms with van der Waals surface area (Å²) in [5, 5.41) is 0. The van der Waals surface area contributed by atoms with Gasteiger partial charge in [0.05, 0.1) is 11.1 Å². The minimum atomic E-state index is -1.68. The maximum absolute atomic E-state index is 12.0. The molecule has 1 aromatic carbocycles. The summed E-state index contributed by atoms with van der Waals surface area (Å²) in [6.45, 7) is 0. The van der Waals surface area contributed by atoms with Crippen molar-refractivity contribution in [3.8, 4) is 0 Å². The van der Waals surface area contributed by atoms with Crippen molar-refractivity contribution in [3.63, 3.8) is 0 Å². The quantitative estimate of drug-likeness (QED) is 0.474. The Bertz CT molecular complexity index is 485. The average molecular weight is 345 g/mol. The topological polar surface area (TPSA) is 37.4 Å². The third-order valence-corrected chi connectivity index (χ3v) is 5.43. The standard InChI is InChI=1S/C10H5Cl4NO2S/c11-9(12)10(13,14)18-15-7(16)5-3-1-2-4-6(5)8(15)17/h1-4,9H. The van der Waals surface area contributed by atoms with Crippen LogP contribution in [0.1, 0.15) is 20.7 Å². The first-order chi connectivity index (χ1) is 8.34. The number of benzene rings is 1. The first-order valence-electron chi connectivity index (χ1n) is 4.67. The molecule has 1 heterocycles. The van der Waals surface area contributed by atoms with E-state index in [1.165, 1.54) is 0 Å². The summed E-state index contributed by atoms with van der Waals surface area (Å²) in [6, 6.07) is 6.44. The van der Waals surface area contributed by atoms with Gasteiger partial charge in [-0.05, 0) is 12.1 Å². The molecule has 0 unspecified atom stereocenters. The Balaban J connectivity index is 2.30. The minimum Gasteiger partial charge on any atom is -0.268 e. The molecule has 96 valence electrons. The highest BCUT2D eigenvalue weighted by atomic mass is 35.5. The number of fused-ring (bicyclic) bond motifs is 1. The molecule has 18 heavy (non-hydrogen) atoms. The smallest absolute Gasteiger partial charge is 0.268 e. The van der Waals surface area contributed by atoms with E-state index < -0.39 is 20.3 Å². The van der Waals surface area contributed by atoms with Gasteiger partial charge < -0.3 is 0 Å². The zero-order chi connectivity index (χ0) is 13.5. The second-order valence-corrected chi connectivity index (χ2v) is 7.53. The van der Waals surface area contributed by atoms with Crippen LogP contribution in [0.25, 0.3) is 0 Å². The second kappa shape index (κ2) is 5.10. The van der Waals surface area contributed by atoms with E-state index in [1.807, 2.05) is 0 Å². The fourth-order valence-corrected chi connectivity index (χ4v) is 2.75. The number of nitrogens with zero attached hydrogens (tertiary/aromatic N) is 1. The zero-order valence-electron chi connectivity index (χ0n) is 8.57. The summed E-state index contributed by atoms with van der Waals surface area (Å²) in [7, 11) is 0. The van der Waals surface area contributed by atoms with Gasteiger partial charge in [0.25, 0.3) is 11.8 Å². The van der Waals surface area contributed by atoms with Crippen LogP contribution in [0.3, 0.4) is 0 Å². The SMILES string of the molecule is O=C1c2ccccc2C(=O)N1SC(Cl)(Cl)C(Cl)Cl. The molecule has 0 saturated carbocycles. The Morgan fingerprint density at radius 3 is 1.89 bits per heavy atom. The number of carbonyl (C=O) groups excluding carboxylic acids is 2. The molecule has 1 aliphatic heterocycles. The number of hydrogen-bond donors (Lipinski definition) is 0. The Labute approximate surface area is 127 Å². The van der Waals surface area contributed by atoms with Crippen molar-refractivity contribution in [3.05, 3.63) is 35.4 Å². The molecule has 0 N–H and O–H groups in total. The summed E-state index contributed by atoms with van der Waals surface area (Å²) >= 11 is 23.4. The van der Waals surface area contributed by atoms with Gasteiger partial charge >= 0.3 is 0 Å². The van der Waals surface area contributed by atoms with Gasteiger partial charge in [0.15, 0.2) is 4.84 Å². The molecular formula is C10H5Cl4NO2S. The first kappa shape index (κ1) is 14.3. The number of hydrogen-bond acceptors (Lipinski definition) is 3. The van der Waals surface area contributed by atoms with E-state index in [2.05, 4.69) is 0 Å². The molecule has 0 aliphatic carbocycles. The lowest BCUT2D eigenvalue weighted by Crippen LogP contribution is -2.30. The third kappa shape index (κ3) is 2.45. The molecule has 2 rings (SSSR count). The summed E-state index contributed by atoms with van der Waals surface area (Å²) in [4.78, 5) is 22.8. The molecule has 0 fully saturated rings. The van der Waals surface area contributed by atoms with Crippen molar-refractivity contribution in [1.29, 1.82) is 0 Å². The summed E-state index contributed by atoms with van der Waals surface area (Å²) < 4.78 is -0.821. The van der Waals surface area contributed by atoms with Crippen LogP contribution in [0, 0.1) is 0 Å². The fourth-order valence-electron chi connectivity index (χ4n) is 1.41. The Hall–Kier alpha value is -0.130. The van der Waals surface area contributed by atoms with Crippen LogP contribution < -0.4 is 0 Å². The van der Waals surface area contributed by atoms with E-state index in [9.17, 15) is 9.59 Å². The van der Waals surface area contributed by atoms with Crippen molar-refractivity contribution >= 4 is 70.2 Å². The van der Waals surface area contributed by atoms with Crippen molar-refractivity contribution in [1.82, 2.24) is 4.31 Å². The van der Waals surface area contributed by atoms with Crippen molar-refractivity contribution < 1.29 is 9.59 Å². The highest BCUT2D eigenvalue weighted by Crippen LogP contribution is 2.46. The number of rotatable bonds is 3. The van der Waals surface area contributed by atoms with E-state index in [1.54, 1.807) is 24.3 Å². The molecule has 8 heteroatoms. The van der Waals surface area contributed by atoms with E-state index in [-0.39, 0.29) is 0 Å². The van der Waals surface area contributed by atoms with Crippen molar-refractivity contribution in [2.45, 2.75) is 8.50 Å². The molecule has 0 bridgehead atoms. The first-order valence-corrected chi connectivity index (χ1v) is 7.07.